The SMILES string of the molecule is CC(C)(C)c1cc(O)c(C(C)(C)C)c(C2C=Cc3ccccc32)c1. The Hall–Kier alpha value is -2.02. The molecule has 126 valence electrons. The Morgan fingerprint density at radius 1 is 0.833 bits per heavy atom. The molecule has 0 spiro atoms. The molecular formula is C23H28O. The fourth-order valence-corrected chi connectivity index (χ4v) is 3.66. The summed E-state index contributed by atoms with van der Waals surface area (Å²) in [6, 6.07) is 12.8. The highest BCUT2D eigenvalue weighted by Gasteiger charge is 2.30. The molecule has 0 fully saturated rings. The summed E-state index contributed by atoms with van der Waals surface area (Å²) in [5, 5.41) is 10.9. The lowest BCUT2D eigenvalue weighted by molar-refractivity contribution is 0.440. The predicted molar refractivity (Wildman–Crippen MR) is 103 cm³/mol. The van der Waals surface area contributed by atoms with Gasteiger partial charge in [-0.1, -0.05) is 84.0 Å². The van der Waals surface area contributed by atoms with E-state index in [0.29, 0.717) is 5.75 Å². The molecule has 1 unspecified atom stereocenters. The van der Waals surface area contributed by atoms with Crippen LogP contribution in [0.4, 0.5) is 0 Å². The molecule has 0 bridgehead atoms. The summed E-state index contributed by atoms with van der Waals surface area (Å²) in [6.07, 6.45) is 4.47. The molecule has 2 aromatic carbocycles. The molecule has 0 radical (unpaired) electrons. The highest BCUT2D eigenvalue weighted by molar-refractivity contribution is 5.67. The van der Waals surface area contributed by atoms with Crippen LogP contribution in [-0.2, 0) is 10.8 Å². The lowest BCUT2D eigenvalue weighted by Gasteiger charge is -2.30. The zero-order valence-corrected chi connectivity index (χ0v) is 15.6. The minimum absolute atomic E-state index is 0.00445. The first-order chi connectivity index (χ1) is 11.1. The third kappa shape index (κ3) is 2.88. The van der Waals surface area contributed by atoms with Gasteiger partial charge in [0.1, 0.15) is 5.75 Å². The van der Waals surface area contributed by atoms with Gasteiger partial charge in [-0.3, -0.25) is 0 Å². The highest BCUT2D eigenvalue weighted by Crippen LogP contribution is 2.45. The van der Waals surface area contributed by atoms with Crippen molar-refractivity contribution in [2.75, 3.05) is 0 Å². The van der Waals surface area contributed by atoms with E-state index in [1.165, 1.54) is 22.3 Å². The van der Waals surface area contributed by atoms with Crippen LogP contribution in [0.5, 0.6) is 5.75 Å². The number of phenolic OH excluding ortho intramolecular Hbond substituents is 1. The van der Waals surface area contributed by atoms with Crippen LogP contribution in [0, 0.1) is 0 Å². The van der Waals surface area contributed by atoms with Gasteiger partial charge in [-0.15, -0.1) is 0 Å². The molecule has 0 aliphatic heterocycles. The quantitative estimate of drug-likeness (QED) is 0.668. The molecule has 1 heteroatoms. The van der Waals surface area contributed by atoms with Crippen molar-refractivity contribution in [1.82, 2.24) is 0 Å². The molecule has 0 heterocycles. The first kappa shape index (κ1) is 16.8. The molecule has 24 heavy (non-hydrogen) atoms. The molecule has 1 nitrogen and oxygen atoms in total. The summed E-state index contributed by atoms with van der Waals surface area (Å²) in [5.74, 6) is 0.631. The van der Waals surface area contributed by atoms with E-state index in [4.69, 9.17) is 0 Å². The van der Waals surface area contributed by atoms with E-state index in [-0.39, 0.29) is 16.7 Å². The minimum Gasteiger partial charge on any atom is -0.508 e. The van der Waals surface area contributed by atoms with Crippen molar-refractivity contribution in [1.29, 1.82) is 0 Å². The van der Waals surface area contributed by atoms with Gasteiger partial charge in [0.2, 0.25) is 0 Å². The second kappa shape index (κ2) is 5.51. The van der Waals surface area contributed by atoms with Crippen molar-refractivity contribution in [3.8, 4) is 5.75 Å². The summed E-state index contributed by atoms with van der Waals surface area (Å²) in [6.45, 7) is 13.1. The second-order valence-electron chi connectivity index (χ2n) is 8.93. The van der Waals surface area contributed by atoms with Crippen LogP contribution >= 0.6 is 0 Å². The first-order valence-corrected chi connectivity index (χ1v) is 8.74. The van der Waals surface area contributed by atoms with Crippen LogP contribution in [0.2, 0.25) is 0 Å². The van der Waals surface area contributed by atoms with E-state index in [1.54, 1.807) is 0 Å². The van der Waals surface area contributed by atoms with E-state index < -0.39 is 0 Å². The molecule has 0 saturated carbocycles. The number of aromatic hydroxyl groups is 1. The van der Waals surface area contributed by atoms with Crippen LogP contribution in [0.1, 0.15) is 75.3 Å². The number of allylic oxidation sites excluding steroid dienone is 1. The smallest absolute Gasteiger partial charge is 0.119 e. The lowest BCUT2D eigenvalue weighted by atomic mass is 9.75. The van der Waals surface area contributed by atoms with E-state index in [2.05, 4.69) is 84.0 Å². The fourth-order valence-electron chi connectivity index (χ4n) is 3.66. The van der Waals surface area contributed by atoms with Gasteiger partial charge in [0, 0.05) is 11.5 Å². The van der Waals surface area contributed by atoms with E-state index in [0.717, 1.165) is 5.56 Å². The zero-order valence-electron chi connectivity index (χ0n) is 15.6. The average molecular weight is 320 g/mol. The fraction of sp³-hybridized carbons (Fsp3) is 0.391. The zero-order chi connectivity index (χ0) is 17.7. The predicted octanol–water partition coefficient (Wildman–Crippen LogP) is 6.15. The van der Waals surface area contributed by atoms with Crippen molar-refractivity contribution >= 4 is 6.08 Å². The first-order valence-electron chi connectivity index (χ1n) is 8.74. The Bertz CT molecular complexity index is 798. The molecule has 1 N–H and O–H groups in total. The number of hydrogen-bond donors (Lipinski definition) is 1. The van der Waals surface area contributed by atoms with Crippen molar-refractivity contribution < 1.29 is 5.11 Å². The molecule has 0 amide bonds. The van der Waals surface area contributed by atoms with Crippen molar-refractivity contribution in [3.05, 3.63) is 70.3 Å². The summed E-state index contributed by atoms with van der Waals surface area (Å²) in [4.78, 5) is 0. The molecule has 2 aromatic rings. The summed E-state index contributed by atoms with van der Waals surface area (Å²) >= 11 is 0. The number of benzene rings is 2. The van der Waals surface area contributed by atoms with Gasteiger partial charge in [0.25, 0.3) is 0 Å². The van der Waals surface area contributed by atoms with E-state index >= 15 is 0 Å². The third-order valence-corrected chi connectivity index (χ3v) is 4.90. The van der Waals surface area contributed by atoms with Crippen molar-refractivity contribution in [2.45, 2.75) is 58.3 Å². The summed E-state index contributed by atoms with van der Waals surface area (Å²) in [5.41, 5.74) is 5.97. The van der Waals surface area contributed by atoms with Crippen LogP contribution < -0.4 is 0 Å². The molecule has 1 atom stereocenters. The summed E-state index contributed by atoms with van der Waals surface area (Å²) < 4.78 is 0. The summed E-state index contributed by atoms with van der Waals surface area (Å²) in [7, 11) is 0. The highest BCUT2D eigenvalue weighted by atomic mass is 16.3. The van der Waals surface area contributed by atoms with Gasteiger partial charge in [-0.2, -0.15) is 0 Å². The monoisotopic (exact) mass is 320 g/mol. The number of phenols is 1. The largest absolute Gasteiger partial charge is 0.508 e. The van der Waals surface area contributed by atoms with Crippen LogP contribution in [-0.4, -0.2) is 5.11 Å². The topological polar surface area (TPSA) is 20.2 Å². The van der Waals surface area contributed by atoms with E-state index in [9.17, 15) is 5.11 Å². The Kier molecular flexibility index (Phi) is 3.86. The Balaban J connectivity index is 2.26. The maximum atomic E-state index is 10.9. The minimum atomic E-state index is -0.110. The third-order valence-electron chi connectivity index (χ3n) is 4.90. The second-order valence-corrected chi connectivity index (χ2v) is 8.93. The van der Waals surface area contributed by atoms with Crippen molar-refractivity contribution in [2.24, 2.45) is 0 Å². The Morgan fingerprint density at radius 3 is 2.12 bits per heavy atom. The molecule has 1 aliphatic rings. The normalized spacial score (nSPS) is 17.2. The standard InChI is InChI=1S/C23H28O/c1-22(2,3)16-13-19(21(20(24)14-16)23(4,5)6)18-12-11-15-9-7-8-10-17(15)18/h7-14,18,24H,1-6H3. The van der Waals surface area contributed by atoms with Crippen molar-refractivity contribution in [3.63, 3.8) is 0 Å². The average Bonchev–Trinajstić information content (AvgIpc) is 2.87. The maximum Gasteiger partial charge on any atom is 0.119 e. The molecule has 3 rings (SSSR count). The Morgan fingerprint density at radius 2 is 1.50 bits per heavy atom. The Labute approximate surface area is 146 Å². The van der Waals surface area contributed by atoms with Gasteiger partial charge >= 0.3 is 0 Å². The lowest BCUT2D eigenvalue weighted by Crippen LogP contribution is -2.19. The number of fused-ring (bicyclic) bond motifs is 1. The maximum absolute atomic E-state index is 10.9. The van der Waals surface area contributed by atoms with Crippen LogP contribution in [0.15, 0.2) is 42.5 Å². The van der Waals surface area contributed by atoms with Gasteiger partial charge in [-0.05, 0) is 39.2 Å². The molecule has 0 aromatic heterocycles. The molecule has 0 saturated heterocycles. The molecular weight excluding hydrogens is 292 g/mol. The van der Waals surface area contributed by atoms with Gasteiger partial charge in [0.15, 0.2) is 0 Å². The van der Waals surface area contributed by atoms with Crippen LogP contribution in [0.25, 0.3) is 6.08 Å². The van der Waals surface area contributed by atoms with Crippen LogP contribution in [0.3, 0.4) is 0 Å². The number of rotatable bonds is 1. The van der Waals surface area contributed by atoms with Gasteiger partial charge < -0.3 is 5.11 Å². The van der Waals surface area contributed by atoms with E-state index in [1.807, 2.05) is 6.07 Å². The van der Waals surface area contributed by atoms with Gasteiger partial charge in [-0.25, -0.2) is 0 Å². The number of hydrogen-bond acceptors (Lipinski definition) is 1. The van der Waals surface area contributed by atoms with Gasteiger partial charge in [0.05, 0.1) is 0 Å². The molecule has 1 aliphatic carbocycles.